The van der Waals surface area contributed by atoms with Gasteiger partial charge in [0.15, 0.2) is 0 Å². The average molecular weight is 333 g/mol. The molecule has 1 aliphatic rings. The van der Waals surface area contributed by atoms with Crippen LogP contribution in [0.5, 0.6) is 0 Å². The summed E-state index contributed by atoms with van der Waals surface area (Å²) in [6, 6.07) is 11.7. The van der Waals surface area contributed by atoms with Gasteiger partial charge in [-0.2, -0.15) is 0 Å². The third kappa shape index (κ3) is 3.29. The molecule has 1 saturated heterocycles. The van der Waals surface area contributed by atoms with Crippen molar-refractivity contribution in [1.82, 2.24) is 15.3 Å². The minimum atomic E-state index is -0.189. The van der Waals surface area contributed by atoms with Crippen molar-refractivity contribution in [2.45, 2.75) is 12.5 Å². The Morgan fingerprint density at radius 1 is 1.16 bits per heavy atom. The predicted molar refractivity (Wildman–Crippen MR) is 98.8 cm³/mol. The highest BCUT2D eigenvalue weighted by Crippen LogP contribution is 2.27. The number of rotatable bonds is 4. The smallest absolute Gasteiger partial charge is 0.257 e. The Hall–Kier alpha value is -2.99. The molecular formula is C19H19N5O. The number of pyridine rings is 2. The van der Waals surface area contributed by atoms with Crippen LogP contribution in [0.1, 0.15) is 16.8 Å². The number of nitrogens with one attached hydrogen (secondary N) is 3. The minimum Gasteiger partial charge on any atom is -0.380 e. The summed E-state index contributed by atoms with van der Waals surface area (Å²) in [6.07, 6.45) is 6.09. The van der Waals surface area contributed by atoms with Crippen molar-refractivity contribution < 1.29 is 4.79 Å². The molecule has 0 spiro atoms. The van der Waals surface area contributed by atoms with E-state index >= 15 is 0 Å². The van der Waals surface area contributed by atoms with Gasteiger partial charge in [0, 0.05) is 36.1 Å². The Kier molecular flexibility index (Phi) is 4.26. The fraction of sp³-hybridized carbons (Fsp3) is 0.211. The molecule has 1 aliphatic heterocycles. The van der Waals surface area contributed by atoms with Gasteiger partial charge in [0.05, 0.1) is 23.0 Å². The van der Waals surface area contributed by atoms with Gasteiger partial charge in [-0.3, -0.25) is 14.8 Å². The molecule has 1 amide bonds. The van der Waals surface area contributed by atoms with Crippen molar-refractivity contribution in [3.05, 3.63) is 60.6 Å². The normalized spacial score (nSPS) is 16.7. The van der Waals surface area contributed by atoms with Crippen molar-refractivity contribution in [2.24, 2.45) is 0 Å². The van der Waals surface area contributed by atoms with E-state index in [1.165, 1.54) is 0 Å². The largest absolute Gasteiger partial charge is 0.380 e. The SMILES string of the molecule is O=C(Nc1cccnc1)c1ccc(NC2CCNC2)c2cccnc12. The maximum Gasteiger partial charge on any atom is 0.257 e. The summed E-state index contributed by atoms with van der Waals surface area (Å²) in [4.78, 5) is 21.1. The Labute approximate surface area is 145 Å². The molecule has 0 bridgehead atoms. The fourth-order valence-electron chi connectivity index (χ4n) is 3.11. The van der Waals surface area contributed by atoms with E-state index in [-0.39, 0.29) is 5.91 Å². The Morgan fingerprint density at radius 2 is 2.08 bits per heavy atom. The number of fused-ring (bicyclic) bond motifs is 1. The van der Waals surface area contributed by atoms with Crippen LogP contribution in [-0.2, 0) is 0 Å². The maximum absolute atomic E-state index is 12.7. The van der Waals surface area contributed by atoms with Gasteiger partial charge in [-0.15, -0.1) is 0 Å². The summed E-state index contributed by atoms with van der Waals surface area (Å²) < 4.78 is 0. The summed E-state index contributed by atoms with van der Waals surface area (Å²) in [5.74, 6) is -0.189. The molecule has 2 aromatic heterocycles. The van der Waals surface area contributed by atoms with E-state index < -0.39 is 0 Å². The Balaban J connectivity index is 1.67. The van der Waals surface area contributed by atoms with Crippen molar-refractivity contribution in [3.8, 4) is 0 Å². The van der Waals surface area contributed by atoms with E-state index in [9.17, 15) is 4.79 Å². The Morgan fingerprint density at radius 3 is 2.88 bits per heavy atom. The van der Waals surface area contributed by atoms with Gasteiger partial charge >= 0.3 is 0 Å². The molecule has 1 fully saturated rings. The van der Waals surface area contributed by atoms with Gasteiger partial charge in [0.25, 0.3) is 5.91 Å². The van der Waals surface area contributed by atoms with Gasteiger partial charge in [-0.05, 0) is 49.4 Å². The topological polar surface area (TPSA) is 78.9 Å². The summed E-state index contributed by atoms with van der Waals surface area (Å²) in [5.41, 5.74) is 2.92. The first-order valence-corrected chi connectivity index (χ1v) is 8.37. The second-order valence-corrected chi connectivity index (χ2v) is 6.09. The lowest BCUT2D eigenvalue weighted by Gasteiger charge is -2.16. The summed E-state index contributed by atoms with van der Waals surface area (Å²) in [7, 11) is 0. The van der Waals surface area contributed by atoms with Crippen molar-refractivity contribution >= 4 is 28.2 Å². The van der Waals surface area contributed by atoms with Crippen molar-refractivity contribution in [3.63, 3.8) is 0 Å². The number of carbonyl (C=O) groups excluding carboxylic acids is 1. The molecule has 0 aliphatic carbocycles. The molecule has 126 valence electrons. The van der Waals surface area contributed by atoms with Gasteiger partial charge in [-0.25, -0.2) is 0 Å². The number of anilines is 2. The zero-order chi connectivity index (χ0) is 17.1. The molecule has 1 aromatic carbocycles. The number of carbonyl (C=O) groups is 1. The number of hydrogen-bond acceptors (Lipinski definition) is 5. The van der Waals surface area contributed by atoms with E-state index in [2.05, 4.69) is 25.9 Å². The van der Waals surface area contributed by atoms with Crippen LogP contribution in [0, 0.1) is 0 Å². The molecular weight excluding hydrogens is 314 g/mol. The quantitative estimate of drug-likeness (QED) is 0.684. The van der Waals surface area contributed by atoms with Gasteiger partial charge in [0.1, 0.15) is 0 Å². The van der Waals surface area contributed by atoms with Crippen LogP contribution in [0.2, 0.25) is 0 Å². The van der Waals surface area contributed by atoms with Gasteiger partial charge < -0.3 is 16.0 Å². The first-order valence-electron chi connectivity index (χ1n) is 8.37. The van der Waals surface area contributed by atoms with Crippen LogP contribution in [-0.4, -0.2) is 35.0 Å². The molecule has 3 heterocycles. The standard InChI is InChI=1S/C19H19N5O/c25-19(24-13-3-1-8-20-11-13)16-5-6-17(23-14-7-10-21-12-14)15-4-2-9-22-18(15)16/h1-6,8-9,11,14,21,23H,7,10,12H2,(H,24,25). The fourth-order valence-corrected chi connectivity index (χ4v) is 3.11. The summed E-state index contributed by atoms with van der Waals surface area (Å²) >= 11 is 0. The van der Waals surface area contributed by atoms with Gasteiger partial charge in [-0.1, -0.05) is 0 Å². The van der Waals surface area contributed by atoms with Crippen LogP contribution >= 0.6 is 0 Å². The van der Waals surface area contributed by atoms with E-state index in [0.29, 0.717) is 22.8 Å². The summed E-state index contributed by atoms with van der Waals surface area (Å²) in [5, 5.41) is 10.7. The molecule has 4 rings (SSSR count). The molecule has 6 heteroatoms. The number of aromatic nitrogens is 2. The molecule has 1 unspecified atom stereocenters. The average Bonchev–Trinajstić information content (AvgIpc) is 3.16. The van der Waals surface area contributed by atoms with Crippen LogP contribution in [0.3, 0.4) is 0 Å². The second kappa shape index (κ2) is 6.86. The number of nitrogens with zero attached hydrogens (tertiary/aromatic N) is 2. The number of benzene rings is 1. The van der Waals surface area contributed by atoms with Crippen molar-refractivity contribution in [1.29, 1.82) is 0 Å². The zero-order valence-corrected chi connectivity index (χ0v) is 13.7. The lowest BCUT2D eigenvalue weighted by Crippen LogP contribution is -2.22. The third-order valence-corrected chi connectivity index (χ3v) is 4.35. The number of hydrogen-bond donors (Lipinski definition) is 3. The van der Waals surface area contributed by atoms with Crippen LogP contribution < -0.4 is 16.0 Å². The highest BCUT2D eigenvalue weighted by Gasteiger charge is 2.18. The highest BCUT2D eigenvalue weighted by molar-refractivity contribution is 6.13. The molecule has 1 atom stereocenters. The first kappa shape index (κ1) is 15.5. The van der Waals surface area contributed by atoms with Crippen LogP contribution in [0.15, 0.2) is 55.0 Å². The lowest BCUT2D eigenvalue weighted by atomic mass is 10.1. The Bertz CT molecular complexity index is 891. The zero-order valence-electron chi connectivity index (χ0n) is 13.7. The van der Waals surface area contributed by atoms with Crippen LogP contribution in [0.25, 0.3) is 10.9 Å². The lowest BCUT2D eigenvalue weighted by molar-refractivity contribution is 0.102. The second-order valence-electron chi connectivity index (χ2n) is 6.09. The molecule has 25 heavy (non-hydrogen) atoms. The highest BCUT2D eigenvalue weighted by atomic mass is 16.1. The monoisotopic (exact) mass is 333 g/mol. The maximum atomic E-state index is 12.7. The molecule has 3 N–H and O–H groups in total. The van der Waals surface area contributed by atoms with Crippen molar-refractivity contribution in [2.75, 3.05) is 23.7 Å². The van der Waals surface area contributed by atoms with E-state index in [1.54, 1.807) is 24.7 Å². The van der Waals surface area contributed by atoms with E-state index in [4.69, 9.17) is 0 Å². The summed E-state index contributed by atoms with van der Waals surface area (Å²) in [6.45, 7) is 1.98. The molecule has 3 aromatic rings. The molecule has 0 radical (unpaired) electrons. The molecule has 6 nitrogen and oxygen atoms in total. The third-order valence-electron chi connectivity index (χ3n) is 4.35. The predicted octanol–water partition coefficient (Wildman–Crippen LogP) is 2.66. The van der Waals surface area contributed by atoms with Crippen LogP contribution in [0.4, 0.5) is 11.4 Å². The first-order chi connectivity index (χ1) is 12.3. The molecule has 0 saturated carbocycles. The minimum absolute atomic E-state index is 0.189. The van der Waals surface area contributed by atoms with Gasteiger partial charge in [0.2, 0.25) is 0 Å². The van der Waals surface area contributed by atoms with E-state index in [0.717, 1.165) is 30.6 Å². The number of amides is 1. The van der Waals surface area contributed by atoms with E-state index in [1.807, 2.05) is 30.3 Å².